The smallest absolute Gasteiger partial charge is 0.224 e. The topological polar surface area (TPSA) is 9.23 Å². The van der Waals surface area contributed by atoms with Crippen LogP contribution in [0.5, 0.6) is 0 Å². The van der Waals surface area contributed by atoms with E-state index in [9.17, 15) is 0 Å². The molecule has 0 saturated heterocycles. The third-order valence-electron chi connectivity index (χ3n) is 3.21. The Kier molecular flexibility index (Phi) is 3.00. The van der Waals surface area contributed by atoms with E-state index in [2.05, 4.69) is 54.6 Å². The van der Waals surface area contributed by atoms with Crippen molar-refractivity contribution in [3.05, 3.63) is 27.3 Å². The molecule has 0 amide bonds. The van der Waals surface area contributed by atoms with Crippen LogP contribution in [0.1, 0.15) is 19.4 Å². The van der Waals surface area contributed by atoms with Crippen molar-refractivity contribution in [2.24, 2.45) is 0 Å². The molecule has 0 saturated carbocycles. The van der Waals surface area contributed by atoms with Gasteiger partial charge in [-0.3, -0.25) is 0 Å². The van der Waals surface area contributed by atoms with Gasteiger partial charge >= 0.3 is 0 Å². The molecule has 2 rings (SSSR count). The molecule has 0 radical (unpaired) electrons. The van der Waals surface area contributed by atoms with Crippen molar-refractivity contribution in [1.29, 1.82) is 0 Å². The molecule has 0 aromatic heterocycles. The Hall–Kier alpha value is 0.127. The minimum absolute atomic E-state index is 0.847. The molecule has 1 aliphatic rings. The van der Waals surface area contributed by atoms with Crippen molar-refractivity contribution < 1.29 is 4.43 Å². The molecule has 0 atom stereocenters. The maximum Gasteiger partial charge on any atom is 0.224 e. The van der Waals surface area contributed by atoms with Gasteiger partial charge in [-0.05, 0) is 57.6 Å². The molecule has 14 heavy (non-hydrogen) atoms. The number of hydrogen-bond donors (Lipinski definition) is 0. The highest BCUT2D eigenvalue weighted by molar-refractivity contribution is 14.1. The molecule has 0 unspecified atom stereocenters. The summed E-state index contributed by atoms with van der Waals surface area (Å²) in [6.07, 6.45) is 0. The summed E-state index contributed by atoms with van der Waals surface area (Å²) >= 11 is 2.39. The normalized spacial score (nSPS) is 18.2. The van der Waals surface area contributed by atoms with Crippen LogP contribution >= 0.6 is 22.6 Å². The van der Waals surface area contributed by atoms with Crippen LogP contribution in [0.2, 0.25) is 12.1 Å². The molecule has 1 aromatic rings. The van der Waals surface area contributed by atoms with Crippen LogP contribution in [-0.2, 0) is 11.0 Å². The SMILES string of the molecule is CC[Si]1(CC)OCc2ccc(I)cc21. The highest BCUT2D eigenvalue weighted by Gasteiger charge is 2.40. The molecule has 76 valence electrons. The highest BCUT2D eigenvalue weighted by Crippen LogP contribution is 2.27. The number of halogens is 1. The molecule has 1 aliphatic heterocycles. The third kappa shape index (κ3) is 1.55. The Morgan fingerprint density at radius 3 is 2.71 bits per heavy atom. The lowest BCUT2D eigenvalue weighted by Gasteiger charge is -2.23. The van der Waals surface area contributed by atoms with E-state index in [1.165, 1.54) is 21.2 Å². The van der Waals surface area contributed by atoms with E-state index in [-0.39, 0.29) is 0 Å². The van der Waals surface area contributed by atoms with Gasteiger partial charge in [0.1, 0.15) is 0 Å². The zero-order valence-corrected chi connectivity index (χ0v) is 11.8. The van der Waals surface area contributed by atoms with Gasteiger partial charge in [0.25, 0.3) is 0 Å². The number of benzene rings is 1. The minimum Gasteiger partial charge on any atom is -0.408 e. The van der Waals surface area contributed by atoms with Crippen molar-refractivity contribution in [2.45, 2.75) is 32.5 Å². The molecule has 0 N–H and O–H groups in total. The average molecular weight is 318 g/mol. The van der Waals surface area contributed by atoms with Gasteiger partial charge in [0.05, 0.1) is 6.61 Å². The Bertz CT molecular complexity index is 347. The summed E-state index contributed by atoms with van der Waals surface area (Å²) < 4.78 is 7.44. The first kappa shape index (κ1) is 10.6. The van der Waals surface area contributed by atoms with Crippen molar-refractivity contribution in [2.75, 3.05) is 0 Å². The molecule has 0 spiro atoms. The fraction of sp³-hybridized carbons (Fsp3) is 0.455. The third-order valence-corrected chi connectivity index (χ3v) is 8.31. The lowest BCUT2D eigenvalue weighted by molar-refractivity contribution is 0.312. The van der Waals surface area contributed by atoms with Gasteiger partial charge in [-0.1, -0.05) is 19.9 Å². The van der Waals surface area contributed by atoms with Crippen LogP contribution < -0.4 is 5.19 Å². The predicted molar refractivity (Wildman–Crippen MR) is 70.3 cm³/mol. The van der Waals surface area contributed by atoms with Crippen molar-refractivity contribution in [3.63, 3.8) is 0 Å². The number of hydrogen-bond acceptors (Lipinski definition) is 1. The fourth-order valence-electron chi connectivity index (χ4n) is 2.23. The average Bonchev–Trinajstić information content (AvgIpc) is 2.57. The summed E-state index contributed by atoms with van der Waals surface area (Å²) in [5, 5.41) is 1.55. The largest absolute Gasteiger partial charge is 0.408 e. The van der Waals surface area contributed by atoms with Crippen LogP contribution in [0, 0.1) is 3.57 Å². The standard InChI is InChI=1S/C11H15IOSi/c1-3-14(4-2)11-7-10(12)6-5-9(11)8-13-14/h5-7H,3-4,8H2,1-2H3. The Morgan fingerprint density at radius 1 is 1.36 bits per heavy atom. The molecule has 0 fully saturated rings. The van der Waals surface area contributed by atoms with E-state index in [1.54, 1.807) is 5.19 Å². The maximum absolute atomic E-state index is 6.10. The van der Waals surface area contributed by atoms with Crippen molar-refractivity contribution in [3.8, 4) is 0 Å². The first-order chi connectivity index (χ1) is 6.72. The highest BCUT2D eigenvalue weighted by atomic mass is 127. The van der Waals surface area contributed by atoms with Gasteiger partial charge in [-0.2, -0.15) is 0 Å². The molecule has 1 heterocycles. The van der Waals surface area contributed by atoms with Gasteiger partial charge in [-0.15, -0.1) is 0 Å². The Morgan fingerprint density at radius 2 is 2.07 bits per heavy atom. The first-order valence-electron chi connectivity index (χ1n) is 5.14. The monoisotopic (exact) mass is 318 g/mol. The maximum atomic E-state index is 6.10. The van der Waals surface area contributed by atoms with Crippen LogP contribution in [-0.4, -0.2) is 8.32 Å². The zero-order valence-electron chi connectivity index (χ0n) is 8.64. The Labute approximate surface area is 100 Å². The molecule has 1 aromatic carbocycles. The lowest BCUT2D eigenvalue weighted by Crippen LogP contribution is -2.45. The van der Waals surface area contributed by atoms with Gasteiger partial charge in [0.15, 0.2) is 0 Å². The number of rotatable bonds is 2. The summed E-state index contributed by atoms with van der Waals surface area (Å²) in [4.78, 5) is 0. The zero-order chi connectivity index (χ0) is 10.2. The van der Waals surface area contributed by atoms with E-state index >= 15 is 0 Å². The summed E-state index contributed by atoms with van der Waals surface area (Å²) in [7, 11) is -1.54. The fourth-order valence-corrected chi connectivity index (χ4v) is 6.43. The second kappa shape index (κ2) is 3.94. The summed E-state index contributed by atoms with van der Waals surface area (Å²) in [6.45, 7) is 5.38. The molecule has 0 bridgehead atoms. The van der Waals surface area contributed by atoms with Crippen LogP contribution in [0.15, 0.2) is 18.2 Å². The molecule has 0 aliphatic carbocycles. The van der Waals surface area contributed by atoms with E-state index in [0.29, 0.717) is 0 Å². The second-order valence-electron chi connectivity index (χ2n) is 3.79. The molecule has 1 nitrogen and oxygen atoms in total. The molecular formula is C11H15IOSi. The second-order valence-corrected chi connectivity index (χ2v) is 9.27. The number of fused-ring (bicyclic) bond motifs is 1. The van der Waals surface area contributed by atoms with Gasteiger partial charge in [0, 0.05) is 3.57 Å². The van der Waals surface area contributed by atoms with Gasteiger partial charge in [0.2, 0.25) is 8.32 Å². The van der Waals surface area contributed by atoms with E-state index in [0.717, 1.165) is 6.61 Å². The van der Waals surface area contributed by atoms with Crippen molar-refractivity contribution in [1.82, 2.24) is 0 Å². The van der Waals surface area contributed by atoms with Gasteiger partial charge < -0.3 is 4.43 Å². The predicted octanol–water partition coefficient (Wildman–Crippen LogP) is 3.01. The quantitative estimate of drug-likeness (QED) is 0.602. The lowest BCUT2D eigenvalue weighted by atomic mass is 10.2. The summed E-state index contributed by atoms with van der Waals surface area (Å²) in [5.41, 5.74) is 1.43. The summed E-state index contributed by atoms with van der Waals surface area (Å²) in [6, 6.07) is 9.16. The van der Waals surface area contributed by atoms with Crippen molar-refractivity contribution >= 4 is 36.1 Å². The van der Waals surface area contributed by atoms with Gasteiger partial charge in [-0.25, -0.2) is 0 Å². The Balaban J connectivity index is 2.51. The first-order valence-corrected chi connectivity index (χ1v) is 8.55. The van der Waals surface area contributed by atoms with E-state index in [4.69, 9.17) is 4.43 Å². The molecule has 3 heteroatoms. The summed E-state index contributed by atoms with van der Waals surface area (Å²) in [5.74, 6) is 0. The molecular weight excluding hydrogens is 303 g/mol. The van der Waals surface area contributed by atoms with E-state index < -0.39 is 8.32 Å². The van der Waals surface area contributed by atoms with Crippen LogP contribution in [0.4, 0.5) is 0 Å². The van der Waals surface area contributed by atoms with Crippen LogP contribution in [0.3, 0.4) is 0 Å². The van der Waals surface area contributed by atoms with E-state index in [1.807, 2.05) is 0 Å². The minimum atomic E-state index is -1.54. The van der Waals surface area contributed by atoms with Crippen LogP contribution in [0.25, 0.3) is 0 Å².